The van der Waals surface area contributed by atoms with Gasteiger partial charge < -0.3 is 15.0 Å². The Balaban J connectivity index is 2.58. The van der Waals surface area contributed by atoms with Gasteiger partial charge in [-0.1, -0.05) is 13.8 Å². The molecule has 1 fully saturated rings. The SMILES string of the molecule is COC(=O)C1CC(NCC(F)F)CN(CC(C)C)C1. The fourth-order valence-corrected chi connectivity index (χ4v) is 2.60. The Morgan fingerprint density at radius 1 is 1.42 bits per heavy atom. The molecular formula is C13H24F2N2O2. The van der Waals surface area contributed by atoms with E-state index in [4.69, 9.17) is 4.74 Å². The number of alkyl halides is 2. The van der Waals surface area contributed by atoms with Crippen molar-refractivity contribution in [1.82, 2.24) is 10.2 Å². The van der Waals surface area contributed by atoms with Crippen LogP contribution in [0, 0.1) is 11.8 Å². The predicted octanol–water partition coefficient (Wildman–Crippen LogP) is 1.36. The molecule has 1 aliphatic heterocycles. The number of hydrogen-bond acceptors (Lipinski definition) is 4. The lowest BCUT2D eigenvalue weighted by Crippen LogP contribution is -2.52. The Kier molecular flexibility index (Phi) is 6.65. The van der Waals surface area contributed by atoms with Gasteiger partial charge in [0.15, 0.2) is 0 Å². The number of likely N-dealkylation sites (tertiary alicyclic amines) is 1. The Bertz CT molecular complexity index is 288. The van der Waals surface area contributed by atoms with Crippen LogP contribution in [0.1, 0.15) is 20.3 Å². The van der Waals surface area contributed by atoms with Crippen LogP contribution in [-0.4, -0.2) is 56.6 Å². The van der Waals surface area contributed by atoms with E-state index < -0.39 is 6.43 Å². The number of rotatable bonds is 6. The zero-order valence-corrected chi connectivity index (χ0v) is 11.9. The number of esters is 1. The van der Waals surface area contributed by atoms with Gasteiger partial charge in [-0.2, -0.15) is 0 Å². The molecule has 0 aromatic heterocycles. The topological polar surface area (TPSA) is 41.6 Å². The van der Waals surface area contributed by atoms with E-state index in [2.05, 4.69) is 24.1 Å². The van der Waals surface area contributed by atoms with E-state index in [9.17, 15) is 13.6 Å². The van der Waals surface area contributed by atoms with Gasteiger partial charge in [0, 0.05) is 25.7 Å². The van der Waals surface area contributed by atoms with Crippen LogP contribution in [0.3, 0.4) is 0 Å². The number of halogens is 2. The van der Waals surface area contributed by atoms with Crippen LogP contribution in [0.15, 0.2) is 0 Å². The van der Waals surface area contributed by atoms with Gasteiger partial charge >= 0.3 is 5.97 Å². The fraction of sp³-hybridized carbons (Fsp3) is 0.923. The first-order valence-corrected chi connectivity index (χ1v) is 6.74. The highest BCUT2D eigenvalue weighted by atomic mass is 19.3. The highest BCUT2D eigenvalue weighted by Crippen LogP contribution is 2.19. The van der Waals surface area contributed by atoms with Gasteiger partial charge in [0.05, 0.1) is 19.6 Å². The van der Waals surface area contributed by atoms with E-state index in [0.717, 1.165) is 6.54 Å². The molecule has 6 heteroatoms. The van der Waals surface area contributed by atoms with Crippen molar-refractivity contribution in [3.8, 4) is 0 Å². The standard InChI is InChI=1S/C13H24F2N2O2/c1-9(2)6-17-7-10(13(18)19-3)4-11(8-17)16-5-12(14)15/h9-12,16H,4-8H2,1-3H3. The summed E-state index contributed by atoms with van der Waals surface area (Å²) in [5.41, 5.74) is 0. The second-order valence-electron chi connectivity index (χ2n) is 5.56. The van der Waals surface area contributed by atoms with E-state index >= 15 is 0 Å². The molecule has 0 radical (unpaired) electrons. The zero-order chi connectivity index (χ0) is 14.4. The lowest BCUT2D eigenvalue weighted by molar-refractivity contribution is -0.147. The summed E-state index contributed by atoms with van der Waals surface area (Å²) in [6, 6.07) is -0.0781. The lowest BCUT2D eigenvalue weighted by Gasteiger charge is -2.37. The molecule has 1 saturated heterocycles. The summed E-state index contributed by atoms with van der Waals surface area (Å²) in [4.78, 5) is 13.8. The van der Waals surface area contributed by atoms with Crippen LogP contribution in [0.5, 0.6) is 0 Å². The summed E-state index contributed by atoms with van der Waals surface area (Å²) in [5, 5.41) is 2.83. The van der Waals surface area contributed by atoms with Crippen LogP contribution in [0.25, 0.3) is 0 Å². The summed E-state index contributed by atoms with van der Waals surface area (Å²) < 4.78 is 29.3. The van der Waals surface area contributed by atoms with Gasteiger partial charge in [-0.3, -0.25) is 4.79 Å². The molecule has 1 N–H and O–H groups in total. The number of ether oxygens (including phenoxy) is 1. The van der Waals surface area contributed by atoms with Crippen molar-refractivity contribution in [2.45, 2.75) is 32.7 Å². The van der Waals surface area contributed by atoms with Crippen LogP contribution >= 0.6 is 0 Å². The Hall–Kier alpha value is -0.750. The first-order valence-electron chi connectivity index (χ1n) is 6.74. The summed E-state index contributed by atoms with van der Waals surface area (Å²) >= 11 is 0. The number of methoxy groups -OCH3 is 1. The predicted molar refractivity (Wildman–Crippen MR) is 69.2 cm³/mol. The van der Waals surface area contributed by atoms with Crippen LogP contribution in [-0.2, 0) is 9.53 Å². The summed E-state index contributed by atoms with van der Waals surface area (Å²) in [6.07, 6.45) is -1.80. The molecule has 0 bridgehead atoms. The van der Waals surface area contributed by atoms with Gasteiger partial charge in [0.25, 0.3) is 6.43 Å². The molecular weight excluding hydrogens is 254 g/mol. The number of carbonyl (C=O) groups is 1. The average Bonchev–Trinajstić information content (AvgIpc) is 2.34. The van der Waals surface area contributed by atoms with Gasteiger partial charge in [0.1, 0.15) is 0 Å². The van der Waals surface area contributed by atoms with Crippen molar-refractivity contribution < 1.29 is 18.3 Å². The molecule has 0 aromatic rings. The number of nitrogens with zero attached hydrogens (tertiary/aromatic N) is 1. The molecule has 0 aliphatic carbocycles. The van der Waals surface area contributed by atoms with E-state index in [1.165, 1.54) is 7.11 Å². The maximum Gasteiger partial charge on any atom is 0.310 e. The normalized spacial score (nSPS) is 25.0. The quantitative estimate of drug-likeness (QED) is 0.745. The van der Waals surface area contributed by atoms with Crippen molar-refractivity contribution in [3.05, 3.63) is 0 Å². The minimum absolute atomic E-state index is 0.0781. The third-order valence-electron chi connectivity index (χ3n) is 3.24. The second-order valence-corrected chi connectivity index (χ2v) is 5.56. The first kappa shape index (κ1) is 16.3. The highest BCUT2D eigenvalue weighted by Gasteiger charge is 2.32. The number of hydrogen-bond donors (Lipinski definition) is 1. The minimum atomic E-state index is -2.36. The zero-order valence-electron chi connectivity index (χ0n) is 11.9. The molecule has 0 saturated carbocycles. The molecule has 19 heavy (non-hydrogen) atoms. The summed E-state index contributed by atoms with van der Waals surface area (Å²) in [6.45, 7) is 6.09. The fourth-order valence-electron chi connectivity index (χ4n) is 2.60. The first-order chi connectivity index (χ1) is 8.92. The molecule has 1 heterocycles. The molecule has 4 nitrogen and oxygen atoms in total. The minimum Gasteiger partial charge on any atom is -0.469 e. The Labute approximate surface area is 113 Å². The highest BCUT2D eigenvalue weighted by molar-refractivity contribution is 5.72. The van der Waals surface area contributed by atoms with Crippen molar-refractivity contribution in [1.29, 1.82) is 0 Å². The van der Waals surface area contributed by atoms with Crippen molar-refractivity contribution >= 4 is 5.97 Å². The van der Waals surface area contributed by atoms with Crippen molar-refractivity contribution in [2.24, 2.45) is 11.8 Å². The summed E-state index contributed by atoms with van der Waals surface area (Å²) in [7, 11) is 1.37. The van der Waals surface area contributed by atoms with Crippen molar-refractivity contribution in [3.63, 3.8) is 0 Å². The smallest absolute Gasteiger partial charge is 0.310 e. The number of carbonyl (C=O) groups excluding carboxylic acids is 1. The molecule has 2 unspecified atom stereocenters. The van der Waals surface area contributed by atoms with Gasteiger partial charge in [-0.05, 0) is 12.3 Å². The third kappa shape index (κ3) is 5.82. The van der Waals surface area contributed by atoms with E-state index in [1.807, 2.05) is 0 Å². The largest absolute Gasteiger partial charge is 0.469 e. The van der Waals surface area contributed by atoms with E-state index in [-0.39, 0.29) is 24.5 Å². The number of piperidine rings is 1. The number of nitrogens with one attached hydrogen (secondary N) is 1. The van der Waals surface area contributed by atoms with Crippen LogP contribution < -0.4 is 5.32 Å². The maximum atomic E-state index is 12.3. The molecule has 112 valence electrons. The molecule has 2 atom stereocenters. The van der Waals surface area contributed by atoms with Crippen molar-refractivity contribution in [2.75, 3.05) is 33.3 Å². The lowest BCUT2D eigenvalue weighted by atomic mass is 9.93. The monoisotopic (exact) mass is 278 g/mol. The van der Waals surface area contributed by atoms with Gasteiger partial charge in [-0.15, -0.1) is 0 Å². The maximum absolute atomic E-state index is 12.3. The van der Waals surface area contributed by atoms with Crippen LogP contribution in [0.2, 0.25) is 0 Å². The molecule has 0 amide bonds. The van der Waals surface area contributed by atoms with E-state index in [0.29, 0.717) is 25.4 Å². The van der Waals surface area contributed by atoms with Gasteiger partial charge in [-0.25, -0.2) is 8.78 Å². The molecule has 1 aliphatic rings. The van der Waals surface area contributed by atoms with Gasteiger partial charge in [0.2, 0.25) is 0 Å². The average molecular weight is 278 g/mol. The third-order valence-corrected chi connectivity index (χ3v) is 3.24. The molecule has 0 spiro atoms. The second kappa shape index (κ2) is 7.75. The molecule has 0 aromatic carbocycles. The Morgan fingerprint density at radius 2 is 2.11 bits per heavy atom. The van der Waals surface area contributed by atoms with E-state index in [1.54, 1.807) is 0 Å². The van der Waals surface area contributed by atoms with Crippen LogP contribution in [0.4, 0.5) is 8.78 Å². The Morgan fingerprint density at radius 3 is 2.63 bits per heavy atom. The summed E-state index contributed by atoms with van der Waals surface area (Å²) in [5.74, 6) is -0.00267. The molecule has 1 rings (SSSR count).